The van der Waals surface area contributed by atoms with Crippen LogP contribution in [0.15, 0.2) is 109 Å². The molecule has 0 saturated carbocycles. The Morgan fingerprint density at radius 1 is 0.600 bits per heavy atom. The predicted octanol–water partition coefficient (Wildman–Crippen LogP) is 8.34. The lowest BCUT2D eigenvalue weighted by molar-refractivity contribution is 0.661. The Labute approximate surface area is 205 Å². The number of hydrogen-bond acceptors (Lipinski definition) is 1. The van der Waals surface area contributed by atoms with Crippen LogP contribution in [0.2, 0.25) is 0 Å². The molecule has 2 nitrogen and oxygen atoms in total. The Balaban J connectivity index is 1.44. The Morgan fingerprint density at radius 2 is 1.31 bits per heavy atom. The maximum absolute atomic E-state index is 6.42. The van der Waals surface area contributed by atoms with Crippen molar-refractivity contribution >= 4 is 27.5 Å². The summed E-state index contributed by atoms with van der Waals surface area (Å²) in [7, 11) is 0. The van der Waals surface area contributed by atoms with Crippen LogP contribution in [-0.2, 0) is 5.41 Å². The first-order valence-corrected chi connectivity index (χ1v) is 12.2. The van der Waals surface area contributed by atoms with E-state index in [1.165, 1.54) is 60.9 Å². The van der Waals surface area contributed by atoms with Gasteiger partial charge in [0.1, 0.15) is 0 Å². The topological polar surface area (TPSA) is 30.9 Å². The van der Waals surface area contributed by atoms with Gasteiger partial charge in [0, 0.05) is 33.1 Å². The molecule has 0 aliphatic heterocycles. The molecular weight excluding hydrogens is 424 g/mol. The average Bonchev–Trinajstić information content (AvgIpc) is 3.34. The van der Waals surface area contributed by atoms with Crippen LogP contribution in [0, 0.1) is 0 Å². The van der Waals surface area contributed by atoms with Crippen molar-refractivity contribution in [3.8, 4) is 27.9 Å². The zero-order valence-electron chi connectivity index (χ0n) is 19.9. The third-order valence-corrected chi connectivity index (χ3v) is 7.75. The SMILES string of the molecule is CC1(C)c2cc(-c3ccc4c(c3)c3ccccc3n4-c3ccccc3)ccc2-c2c(N)cccc21. The summed E-state index contributed by atoms with van der Waals surface area (Å²) < 4.78 is 2.36. The normalized spacial score (nSPS) is 13.8. The van der Waals surface area contributed by atoms with Gasteiger partial charge in [-0.3, -0.25) is 0 Å². The molecular formula is C33H26N2. The zero-order chi connectivity index (χ0) is 23.7. The number of fused-ring (bicyclic) bond motifs is 6. The van der Waals surface area contributed by atoms with Gasteiger partial charge in [-0.25, -0.2) is 0 Å². The first-order chi connectivity index (χ1) is 17.0. The second kappa shape index (κ2) is 7.10. The van der Waals surface area contributed by atoms with Crippen LogP contribution in [0.3, 0.4) is 0 Å². The highest BCUT2D eigenvalue weighted by Gasteiger charge is 2.36. The predicted molar refractivity (Wildman–Crippen MR) is 148 cm³/mol. The van der Waals surface area contributed by atoms with E-state index < -0.39 is 0 Å². The molecule has 0 fully saturated rings. The van der Waals surface area contributed by atoms with Crippen molar-refractivity contribution in [2.45, 2.75) is 19.3 Å². The van der Waals surface area contributed by atoms with Crippen LogP contribution in [0.4, 0.5) is 5.69 Å². The van der Waals surface area contributed by atoms with E-state index in [-0.39, 0.29) is 5.41 Å². The summed E-state index contributed by atoms with van der Waals surface area (Å²) >= 11 is 0. The summed E-state index contributed by atoms with van der Waals surface area (Å²) in [5, 5.41) is 2.55. The average molecular weight is 451 g/mol. The van der Waals surface area contributed by atoms with Crippen molar-refractivity contribution in [1.29, 1.82) is 0 Å². The van der Waals surface area contributed by atoms with E-state index in [0.29, 0.717) is 0 Å². The van der Waals surface area contributed by atoms with Gasteiger partial charge in [-0.1, -0.05) is 80.6 Å². The molecule has 1 aromatic heterocycles. The molecule has 1 heterocycles. The molecule has 0 saturated heterocycles. The highest BCUT2D eigenvalue weighted by Crippen LogP contribution is 2.51. The second-order valence-electron chi connectivity index (χ2n) is 10.1. The molecule has 2 heteroatoms. The van der Waals surface area contributed by atoms with Gasteiger partial charge >= 0.3 is 0 Å². The van der Waals surface area contributed by atoms with Crippen molar-refractivity contribution in [3.63, 3.8) is 0 Å². The Bertz CT molecular complexity index is 1770. The minimum atomic E-state index is -0.0799. The third-order valence-electron chi connectivity index (χ3n) is 7.75. The molecule has 0 amide bonds. The lowest BCUT2D eigenvalue weighted by Crippen LogP contribution is -2.15. The molecule has 0 radical (unpaired) electrons. The fourth-order valence-electron chi connectivity index (χ4n) is 6.00. The Morgan fingerprint density at radius 3 is 2.17 bits per heavy atom. The quantitative estimate of drug-likeness (QED) is 0.264. The number of nitrogen functional groups attached to an aromatic ring is 1. The molecule has 2 N–H and O–H groups in total. The van der Waals surface area contributed by atoms with Crippen LogP contribution >= 0.6 is 0 Å². The molecule has 0 unspecified atom stereocenters. The summed E-state index contributed by atoms with van der Waals surface area (Å²) in [6.07, 6.45) is 0. The number of rotatable bonds is 2. The number of benzene rings is 5. The zero-order valence-corrected chi connectivity index (χ0v) is 19.9. The maximum atomic E-state index is 6.42. The van der Waals surface area contributed by atoms with Gasteiger partial charge in [0.15, 0.2) is 0 Å². The van der Waals surface area contributed by atoms with Crippen molar-refractivity contribution in [2.24, 2.45) is 0 Å². The summed E-state index contributed by atoms with van der Waals surface area (Å²) in [6, 6.07) is 39.3. The number of nitrogens with two attached hydrogens (primary N) is 1. The standard InChI is InChI=1S/C33H26N2/c1-33(2)27-12-8-13-29(34)32(27)25-17-15-22(20-28(25)33)21-16-18-31-26(19-21)24-11-6-7-14-30(24)35(31)23-9-4-3-5-10-23/h3-20H,34H2,1-2H3. The number of aromatic nitrogens is 1. The van der Waals surface area contributed by atoms with Crippen molar-refractivity contribution in [2.75, 3.05) is 5.73 Å². The summed E-state index contributed by atoms with van der Waals surface area (Å²) in [4.78, 5) is 0. The third kappa shape index (κ3) is 2.77. The molecule has 6 aromatic rings. The Kier molecular flexibility index (Phi) is 4.08. The second-order valence-corrected chi connectivity index (χ2v) is 10.1. The monoisotopic (exact) mass is 450 g/mol. The van der Waals surface area contributed by atoms with Gasteiger partial charge in [0.05, 0.1) is 11.0 Å². The van der Waals surface area contributed by atoms with Crippen LogP contribution < -0.4 is 5.73 Å². The van der Waals surface area contributed by atoms with E-state index >= 15 is 0 Å². The molecule has 35 heavy (non-hydrogen) atoms. The minimum absolute atomic E-state index is 0.0799. The molecule has 5 aromatic carbocycles. The first kappa shape index (κ1) is 20.1. The van der Waals surface area contributed by atoms with E-state index in [1.54, 1.807) is 0 Å². The molecule has 0 bridgehead atoms. The highest BCUT2D eigenvalue weighted by molar-refractivity contribution is 6.10. The van der Waals surface area contributed by atoms with Gasteiger partial charge in [0.25, 0.3) is 0 Å². The van der Waals surface area contributed by atoms with Crippen LogP contribution in [0.25, 0.3) is 49.7 Å². The molecule has 7 rings (SSSR count). The van der Waals surface area contributed by atoms with Gasteiger partial charge in [-0.15, -0.1) is 0 Å². The van der Waals surface area contributed by atoms with E-state index in [2.05, 4.69) is 122 Å². The summed E-state index contributed by atoms with van der Waals surface area (Å²) in [5.41, 5.74) is 18.4. The first-order valence-electron chi connectivity index (χ1n) is 12.2. The number of nitrogens with zero attached hydrogens (tertiary/aromatic N) is 1. The Hall–Kier alpha value is -4.30. The molecule has 1 aliphatic rings. The molecule has 0 spiro atoms. The van der Waals surface area contributed by atoms with Crippen LogP contribution in [0.1, 0.15) is 25.0 Å². The summed E-state index contributed by atoms with van der Waals surface area (Å²) in [5.74, 6) is 0. The van der Waals surface area contributed by atoms with E-state index in [4.69, 9.17) is 5.73 Å². The van der Waals surface area contributed by atoms with Gasteiger partial charge in [-0.2, -0.15) is 0 Å². The number of anilines is 1. The molecule has 168 valence electrons. The van der Waals surface area contributed by atoms with Crippen LogP contribution in [-0.4, -0.2) is 4.57 Å². The van der Waals surface area contributed by atoms with Gasteiger partial charge in [-0.05, 0) is 70.3 Å². The molecule has 1 aliphatic carbocycles. The van der Waals surface area contributed by atoms with Crippen LogP contribution in [0.5, 0.6) is 0 Å². The smallest absolute Gasteiger partial charge is 0.0541 e. The van der Waals surface area contributed by atoms with E-state index in [1.807, 2.05) is 6.07 Å². The fourth-order valence-corrected chi connectivity index (χ4v) is 6.00. The van der Waals surface area contributed by atoms with Crippen molar-refractivity contribution < 1.29 is 0 Å². The lowest BCUT2D eigenvalue weighted by Gasteiger charge is -2.22. The number of para-hydroxylation sites is 2. The lowest BCUT2D eigenvalue weighted by atomic mass is 9.81. The molecule has 0 atom stereocenters. The van der Waals surface area contributed by atoms with E-state index in [0.717, 1.165) is 5.69 Å². The van der Waals surface area contributed by atoms with Crippen molar-refractivity contribution in [1.82, 2.24) is 4.57 Å². The number of hydrogen-bond donors (Lipinski definition) is 1. The fraction of sp³-hybridized carbons (Fsp3) is 0.0909. The van der Waals surface area contributed by atoms with Gasteiger partial charge in [0.2, 0.25) is 0 Å². The van der Waals surface area contributed by atoms with E-state index in [9.17, 15) is 0 Å². The largest absolute Gasteiger partial charge is 0.398 e. The summed E-state index contributed by atoms with van der Waals surface area (Å²) in [6.45, 7) is 4.61. The maximum Gasteiger partial charge on any atom is 0.0541 e. The minimum Gasteiger partial charge on any atom is -0.398 e. The highest BCUT2D eigenvalue weighted by atomic mass is 15.0. The van der Waals surface area contributed by atoms with Crippen molar-refractivity contribution in [3.05, 3.63) is 120 Å². The van der Waals surface area contributed by atoms with Gasteiger partial charge < -0.3 is 10.3 Å².